The molecule has 4 nitrogen and oxygen atoms in total. The second-order valence-corrected chi connectivity index (χ2v) is 4.59. The van der Waals surface area contributed by atoms with Gasteiger partial charge in [0, 0.05) is 23.5 Å². The van der Waals surface area contributed by atoms with Gasteiger partial charge in [0.2, 0.25) is 0 Å². The summed E-state index contributed by atoms with van der Waals surface area (Å²) in [5.41, 5.74) is 1.55. The Bertz CT molecular complexity index is 601. The maximum absolute atomic E-state index is 12.7. The van der Waals surface area contributed by atoms with E-state index in [-0.39, 0.29) is 12.4 Å². The highest BCUT2D eigenvalue weighted by Gasteiger charge is 2.12. The quantitative estimate of drug-likeness (QED) is 0.911. The topological polar surface area (TPSA) is 39.1 Å². The molecule has 20 heavy (non-hydrogen) atoms. The minimum absolute atomic E-state index is 0.161. The average Bonchev–Trinajstić information content (AvgIpc) is 2.88. The summed E-state index contributed by atoms with van der Waals surface area (Å²) in [5.74, 6) is 0.797. The van der Waals surface area contributed by atoms with Crippen molar-refractivity contribution in [1.29, 1.82) is 0 Å². The van der Waals surface area contributed by atoms with E-state index in [2.05, 4.69) is 10.3 Å². The number of methoxy groups -OCH3 is 1. The molecule has 1 aromatic heterocycles. The minimum atomic E-state index is -2.61. The molecule has 0 saturated carbocycles. The number of alkyl halides is 2. The van der Waals surface area contributed by atoms with Gasteiger partial charge >= 0.3 is 6.55 Å². The van der Waals surface area contributed by atoms with Crippen LogP contribution >= 0.6 is 11.6 Å². The van der Waals surface area contributed by atoms with Crippen LogP contribution in [-0.4, -0.2) is 16.7 Å². The van der Waals surface area contributed by atoms with Crippen molar-refractivity contribution < 1.29 is 13.5 Å². The van der Waals surface area contributed by atoms with Crippen molar-refractivity contribution in [3.63, 3.8) is 0 Å². The number of aromatic nitrogens is 2. The van der Waals surface area contributed by atoms with E-state index in [1.165, 1.54) is 19.5 Å². The third kappa shape index (κ3) is 3.01. The Morgan fingerprint density at radius 3 is 2.85 bits per heavy atom. The van der Waals surface area contributed by atoms with Crippen molar-refractivity contribution in [2.45, 2.75) is 20.0 Å². The highest BCUT2D eigenvalue weighted by molar-refractivity contribution is 6.31. The van der Waals surface area contributed by atoms with Gasteiger partial charge in [-0.2, -0.15) is 8.78 Å². The molecule has 108 valence electrons. The van der Waals surface area contributed by atoms with Crippen LogP contribution in [0.1, 0.15) is 17.9 Å². The molecule has 7 heteroatoms. The van der Waals surface area contributed by atoms with Crippen LogP contribution in [0.2, 0.25) is 5.02 Å². The fourth-order valence-electron chi connectivity index (χ4n) is 1.80. The summed E-state index contributed by atoms with van der Waals surface area (Å²) >= 11 is 6.01. The predicted octanol–water partition coefficient (Wildman–Crippen LogP) is 3.86. The van der Waals surface area contributed by atoms with Crippen LogP contribution < -0.4 is 10.1 Å². The molecule has 0 aliphatic carbocycles. The van der Waals surface area contributed by atoms with Gasteiger partial charge in [-0.1, -0.05) is 11.6 Å². The molecule has 1 aromatic carbocycles. The van der Waals surface area contributed by atoms with Crippen molar-refractivity contribution in [1.82, 2.24) is 9.55 Å². The minimum Gasteiger partial charge on any atom is -0.495 e. The first-order valence-corrected chi connectivity index (χ1v) is 6.28. The Morgan fingerprint density at radius 2 is 2.20 bits per heavy atom. The summed E-state index contributed by atoms with van der Waals surface area (Å²) in [6.07, 6.45) is 2.58. The molecule has 0 saturated heterocycles. The van der Waals surface area contributed by atoms with Crippen molar-refractivity contribution in [2.75, 3.05) is 12.4 Å². The number of ether oxygens (including phenoxy) is 1. The fourth-order valence-corrected chi connectivity index (χ4v) is 1.96. The molecular formula is C13H14ClF2N3O. The molecule has 0 fully saturated rings. The van der Waals surface area contributed by atoms with Crippen LogP contribution in [0.15, 0.2) is 24.5 Å². The zero-order valence-electron chi connectivity index (χ0n) is 11.0. The van der Waals surface area contributed by atoms with Crippen LogP contribution in [-0.2, 0) is 6.54 Å². The second-order valence-electron chi connectivity index (χ2n) is 4.18. The molecule has 2 aromatic rings. The van der Waals surface area contributed by atoms with E-state index >= 15 is 0 Å². The lowest BCUT2D eigenvalue weighted by atomic mass is 10.2. The number of anilines is 1. The number of halogens is 3. The normalized spacial score (nSPS) is 10.9. The number of benzene rings is 1. The lowest BCUT2D eigenvalue weighted by Gasteiger charge is -2.13. The molecule has 0 radical (unpaired) electrons. The number of imidazole rings is 1. The molecule has 0 aliphatic rings. The number of rotatable bonds is 5. The lowest BCUT2D eigenvalue weighted by molar-refractivity contribution is 0.0673. The Balaban J connectivity index is 2.18. The molecule has 0 atom stereocenters. The number of nitrogens with one attached hydrogen (secondary N) is 1. The number of aryl methyl sites for hydroxylation is 1. The summed E-state index contributed by atoms with van der Waals surface area (Å²) in [6.45, 7) is -0.592. The smallest absolute Gasteiger partial charge is 0.319 e. The SMILES string of the molecule is COc1cc(Cl)c(C)cc1NCc1nccn1C(F)F. The van der Waals surface area contributed by atoms with Crippen LogP contribution in [0.3, 0.4) is 0 Å². The highest BCUT2D eigenvalue weighted by Crippen LogP contribution is 2.31. The Kier molecular flexibility index (Phi) is 4.44. The van der Waals surface area contributed by atoms with E-state index in [0.717, 1.165) is 10.1 Å². The van der Waals surface area contributed by atoms with Crippen LogP contribution in [0.5, 0.6) is 5.75 Å². The predicted molar refractivity (Wildman–Crippen MR) is 73.5 cm³/mol. The van der Waals surface area contributed by atoms with Gasteiger partial charge in [-0.05, 0) is 18.6 Å². The standard InChI is InChI=1S/C13H14ClF2N3O/c1-8-5-10(11(20-2)6-9(8)14)18-7-12-17-3-4-19(12)13(15)16/h3-6,13,18H,7H2,1-2H3. The molecule has 0 bridgehead atoms. The van der Waals surface area contributed by atoms with Gasteiger partial charge in [-0.15, -0.1) is 0 Å². The van der Waals surface area contributed by atoms with Gasteiger partial charge in [0.05, 0.1) is 19.3 Å². The summed E-state index contributed by atoms with van der Waals surface area (Å²) in [5, 5.41) is 3.61. The molecule has 0 amide bonds. The molecule has 1 N–H and O–H groups in total. The zero-order valence-corrected chi connectivity index (χ0v) is 11.8. The number of hydrogen-bond donors (Lipinski definition) is 1. The third-order valence-electron chi connectivity index (χ3n) is 2.88. The largest absolute Gasteiger partial charge is 0.495 e. The first kappa shape index (κ1) is 14.6. The zero-order chi connectivity index (χ0) is 14.7. The highest BCUT2D eigenvalue weighted by atomic mass is 35.5. The van der Waals surface area contributed by atoms with E-state index < -0.39 is 6.55 Å². The summed E-state index contributed by atoms with van der Waals surface area (Å²) < 4.78 is 31.4. The number of hydrogen-bond acceptors (Lipinski definition) is 3. The van der Waals surface area contributed by atoms with Crippen LogP contribution in [0.4, 0.5) is 14.5 Å². The molecule has 1 heterocycles. The second kappa shape index (κ2) is 6.09. The molecule has 0 spiro atoms. The van der Waals surface area contributed by atoms with Gasteiger partial charge in [-0.3, -0.25) is 4.57 Å². The van der Waals surface area contributed by atoms with Crippen molar-refractivity contribution in [3.8, 4) is 5.75 Å². The van der Waals surface area contributed by atoms with Gasteiger partial charge < -0.3 is 10.1 Å². The Morgan fingerprint density at radius 1 is 1.45 bits per heavy atom. The Hall–Kier alpha value is -1.82. The molecule has 0 unspecified atom stereocenters. The first-order chi connectivity index (χ1) is 9.52. The average molecular weight is 302 g/mol. The summed E-state index contributed by atoms with van der Waals surface area (Å²) in [4.78, 5) is 3.90. The maximum Gasteiger partial charge on any atom is 0.319 e. The molecule has 2 rings (SSSR count). The van der Waals surface area contributed by atoms with E-state index in [9.17, 15) is 8.78 Å². The summed E-state index contributed by atoms with van der Waals surface area (Å²) in [6, 6.07) is 3.48. The monoisotopic (exact) mass is 301 g/mol. The number of nitrogens with zero attached hydrogens (tertiary/aromatic N) is 2. The van der Waals surface area contributed by atoms with Crippen molar-refractivity contribution in [2.24, 2.45) is 0 Å². The summed E-state index contributed by atoms with van der Waals surface area (Å²) in [7, 11) is 1.52. The van der Waals surface area contributed by atoms with E-state index in [1.807, 2.05) is 6.92 Å². The van der Waals surface area contributed by atoms with Gasteiger partial charge in [0.25, 0.3) is 0 Å². The lowest BCUT2D eigenvalue weighted by Crippen LogP contribution is -2.09. The molecule has 0 aliphatic heterocycles. The van der Waals surface area contributed by atoms with Crippen LogP contribution in [0.25, 0.3) is 0 Å². The Labute approximate surface area is 120 Å². The van der Waals surface area contributed by atoms with Gasteiger partial charge in [-0.25, -0.2) is 4.98 Å². The van der Waals surface area contributed by atoms with Crippen molar-refractivity contribution >= 4 is 17.3 Å². The molecular weight excluding hydrogens is 288 g/mol. The fraction of sp³-hybridized carbons (Fsp3) is 0.308. The van der Waals surface area contributed by atoms with Gasteiger partial charge in [0.1, 0.15) is 11.6 Å². The van der Waals surface area contributed by atoms with Crippen molar-refractivity contribution in [3.05, 3.63) is 40.9 Å². The van der Waals surface area contributed by atoms with E-state index in [0.29, 0.717) is 16.5 Å². The third-order valence-corrected chi connectivity index (χ3v) is 3.28. The van der Waals surface area contributed by atoms with E-state index in [1.54, 1.807) is 12.1 Å². The first-order valence-electron chi connectivity index (χ1n) is 5.90. The van der Waals surface area contributed by atoms with Crippen LogP contribution in [0, 0.1) is 6.92 Å². The van der Waals surface area contributed by atoms with Gasteiger partial charge in [0.15, 0.2) is 0 Å². The maximum atomic E-state index is 12.7. The van der Waals surface area contributed by atoms with E-state index in [4.69, 9.17) is 16.3 Å².